The van der Waals surface area contributed by atoms with E-state index in [-0.39, 0.29) is 16.9 Å². The Morgan fingerprint density at radius 1 is 1.26 bits per heavy atom. The highest BCUT2D eigenvalue weighted by Crippen LogP contribution is 2.37. The third kappa shape index (κ3) is 7.00. The molecule has 1 atom stereocenters. The van der Waals surface area contributed by atoms with Crippen molar-refractivity contribution in [3.63, 3.8) is 0 Å². The quantitative estimate of drug-likeness (QED) is 0.361. The van der Waals surface area contributed by atoms with Gasteiger partial charge >= 0.3 is 5.97 Å². The minimum Gasteiger partial charge on any atom is -0.469 e. The Morgan fingerprint density at radius 2 is 1.97 bits per heavy atom. The topological polar surface area (TPSA) is 66.2 Å². The number of aromatic nitrogens is 3. The Labute approximate surface area is 188 Å². The highest BCUT2D eigenvalue weighted by Gasteiger charge is 2.37. The van der Waals surface area contributed by atoms with Crippen molar-refractivity contribution in [2.75, 3.05) is 7.11 Å². The number of esters is 1. The molecule has 1 aromatic heterocycles. The van der Waals surface area contributed by atoms with E-state index in [1.54, 1.807) is 0 Å². The van der Waals surface area contributed by atoms with Crippen LogP contribution in [-0.2, 0) is 33.5 Å². The number of carbonyl (C=O) groups excluding carboxylic acids is 1. The average Bonchev–Trinajstić information content (AvgIpc) is 3.17. The lowest BCUT2D eigenvalue weighted by Gasteiger charge is -2.36. The van der Waals surface area contributed by atoms with Gasteiger partial charge in [-0.2, -0.15) is 0 Å². The fourth-order valence-electron chi connectivity index (χ4n) is 3.18. The summed E-state index contributed by atoms with van der Waals surface area (Å²) in [5, 5.41) is 8.53. The minimum absolute atomic E-state index is 0.0615. The summed E-state index contributed by atoms with van der Waals surface area (Å²) in [5.41, 5.74) is 4.50. The van der Waals surface area contributed by atoms with Crippen LogP contribution in [0.5, 0.6) is 0 Å². The Hall–Kier alpha value is -1.99. The van der Waals surface area contributed by atoms with E-state index in [4.69, 9.17) is 9.16 Å². The second kappa shape index (κ2) is 10.5. The smallest absolute Gasteiger partial charge is 0.306 e. The molecule has 0 N–H and O–H groups in total. The van der Waals surface area contributed by atoms with E-state index < -0.39 is 8.32 Å². The standard InChI is InChI=1S/C24H39N3O3Si/c1-9-27-16-22(25-26-27)13-12-20(15-23(28)29-6)19-11-10-18(2)21(14-19)17-30-31(7,8)24(3,4)5/h10-11,14,16,20H,9,12-13,15,17H2,1-8H3. The third-order valence-electron chi connectivity index (χ3n) is 6.54. The molecule has 31 heavy (non-hydrogen) atoms. The van der Waals surface area contributed by atoms with Gasteiger partial charge in [0.05, 0.1) is 25.8 Å². The molecular weight excluding hydrogens is 406 g/mol. The van der Waals surface area contributed by atoms with E-state index in [0.717, 1.165) is 30.6 Å². The largest absolute Gasteiger partial charge is 0.469 e. The molecule has 6 nitrogen and oxygen atoms in total. The maximum Gasteiger partial charge on any atom is 0.306 e. The maximum atomic E-state index is 12.1. The van der Waals surface area contributed by atoms with Crippen LogP contribution in [0.4, 0.5) is 0 Å². The van der Waals surface area contributed by atoms with E-state index in [9.17, 15) is 4.79 Å². The molecule has 0 aliphatic heterocycles. The lowest BCUT2D eigenvalue weighted by atomic mass is 9.89. The van der Waals surface area contributed by atoms with Crippen LogP contribution < -0.4 is 0 Å². The van der Waals surface area contributed by atoms with Gasteiger partial charge in [0.25, 0.3) is 0 Å². The monoisotopic (exact) mass is 445 g/mol. The number of hydrogen-bond acceptors (Lipinski definition) is 5. The van der Waals surface area contributed by atoms with Gasteiger partial charge in [-0.25, -0.2) is 0 Å². The Kier molecular flexibility index (Phi) is 8.60. The maximum absolute atomic E-state index is 12.1. The van der Waals surface area contributed by atoms with Crippen molar-refractivity contribution in [2.24, 2.45) is 0 Å². The fourth-order valence-corrected chi connectivity index (χ4v) is 4.13. The summed E-state index contributed by atoms with van der Waals surface area (Å²) in [7, 11) is -0.395. The molecule has 0 saturated heterocycles. The molecule has 0 spiro atoms. The minimum atomic E-state index is -1.84. The Morgan fingerprint density at radius 3 is 2.55 bits per heavy atom. The zero-order valence-electron chi connectivity index (χ0n) is 20.5. The van der Waals surface area contributed by atoms with Gasteiger partial charge in [0.15, 0.2) is 8.32 Å². The van der Waals surface area contributed by atoms with Gasteiger partial charge in [-0.15, -0.1) is 5.10 Å². The van der Waals surface area contributed by atoms with Crippen LogP contribution in [0.25, 0.3) is 0 Å². The zero-order chi connectivity index (χ0) is 23.2. The van der Waals surface area contributed by atoms with Gasteiger partial charge in [0.2, 0.25) is 0 Å². The van der Waals surface area contributed by atoms with Gasteiger partial charge in [-0.3, -0.25) is 9.48 Å². The van der Waals surface area contributed by atoms with Gasteiger partial charge in [-0.05, 0) is 67.4 Å². The van der Waals surface area contributed by atoms with Gasteiger partial charge in [0.1, 0.15) is 0 Å². The normalized spacial score (nSPS) is 13.3. The van der Waals surface area contributed by atoms with Crippen LogP contribution in [0, 0.1) is 6.92 Å². The van der Waals surface area contributed by atoms with Crippen LogP contribution in [0.2, 0.25) is 18.1 Å². The van der Waals surface area contributed by atoms with Crippen molar-refractivity contribution in [1.82, 2.24) is 15.0 Å². The fraction of sp³-hybridized carbons (Fsp3) is 0.625. The van der Waals surface area contributed by atoms with Crippen molar-refractivity contribution in [2.45, 2.75) is 91.1 Å². The van der Waals surface area contributed by atoms with Crippen molar-refractivity contribution in [3.8, 4) is 0 Å². The van der Waals surface area contributed by atoms with Crippen molar-refractivity contribution in [1.29, 1.82) is 0 Å². The highest BCUT2D eigenvalue weighted by atomic mass is 28.4. The number of methoxy groups -OCH3 is 1. The van der Waals surface area contributed by atoms with E-state index in [1.807, 2.05) is 17.8 Å². The molecule has 0 radical (unpaired) electrons. The lowest BCUT2D eigenvalue weighted by Crippen LogP contribution is -2.40. The number of aryl methyl sites for hydroxylation is 3. The Balaban J connectivity index is 2.20. The van der Waals surface area contributed by atoms with Gasteiger partial charge in [-0.1, -0.05) is 44.2 Å². The molecule has 1 aromatic carbocycles. The second-order valence-electron chi connectivity index (χ2n) is 9.82. The summed E-state index contributed by atoms with van der Waals surface area (Å²) in [6.07, 6.45) is 3.90. The number of benzene rings is 1. The number of rotatable bonds is 10. The molecule has 1 unspecified atom stereocenters. The molecule has 0 fully saturated rings. The Bertz CT molecular complexity index is 871. The van der Waals surface area contributed by atoms with Gasteiger partial charge in [0, 0.05) is 12.7 Å². The second-order valence-corrected chi connectivity index (χ2v) is 14.6. The summed E-state index contributed by atoms with van der Waals surface area (Å²) >= 11 is 0. The predicted octanol–water partition coefficient (Wildman–Crippen LogP) is 5.41. The first-order valence-electron chi connectivity index (χ1n) is 11.2. The number of nitrogens with zero attached hydrogens (tertiary/aromatic N) is 3. The van der Waals surface area contributed by atoms with Crippen LogP contribution >= 0.6 is 0 Å². The predicted molar refractivity (Wildman–Crippen MR) is 127 cm³/mol. The molecular formula is C24H39N3O3Si. The van der Waals surface area contributed by atoms with Crippen molar-refractivity contribution in [3.05, 3.63) is 46.8 Å². The summed E-state index contributed by atoms with van der Waals surface area (Å²) < 4.78 is 13.3. The first-order valence-corrected chi connectivity index (χ1v) is 14.1. The van der Waals surface area contributed by atoms with E-state index >= 15 is 0 Å². The summed E-state index contributed by atoms with van der Waals surface area (Å²) in [6, 6.07) is 6.47. The molecule has 0 bridgehead atoms. The number of ether oxygens (including phenoxy) is 1. The zero-order valence-corrected chi connectivity index (χ0v) is 21.5. The first kappa shape index (κ1) is 25.3. The van der Waals surface area contributed by atoms with E-state index in [1.165, 1.54) is 18.2 Å². The molecule has 0 saturated carbocycles. The molecule has 172 valence electrons. The summed E-state index contributed by atoms with van der Waals surface area (Å²) in [5.74, 6) is -0.131. The van der Waals surface area contributed by atoms with Crippen LogP contribution in [0.15, 0.2) is 24.4 Å². The molecule has 2 rings (SSSR count). The molecule has 0 aliphatic rings. The summed E-state index contributed by atoms with van der Waals surface area (Å²) in [4.78, 5) is 12.1. The van der Waals surface area contributed by atoms with Crippen molar-refractivity contribution < 1.29 is 14.0 Å². The van der Waals surface area contributed by atoms with Crippen LogP contribution in [0.1, 0.15) is 68.8 Å². The molecule has 1 heterocycles. The van der Waals surface area contributed by atoms with Crippen LogP contribution in [-0.4, -0.2) is 36.4 Å². The first-order chi connectivity index (χ1) is 14.5. The molecule has 0 amide bonds. The molecule has 0 aliphatic carbocycles. The van der Waals surface area contributed by atoms with E-state index in [2.05, 4.69) is 69.3 Å². The average molecular weight is 446 g/mol. The van der Waals surface area contributed by atoms with E-state index in [0.29, 0.717) is 13.0 Å². The molecule has 7 heteroatoms. The SMILES string of the molecule is CCn1cc(CCC(CC(=O)OC)c2ccc(C)c(CO[Si](C)(C)C(C)(C)C)c2)nn1. The van der Waals surface area contributed by atoms with Crippen LogP contribution in [0.3, 0.4) is 0 Å². The molecule has 2 aromatic rings. The number of hydrogen-bond donors (Lipinski definition) is 0. The third-order valence-corrected chi connectivity index (χ3v) is 11.0. The number of carbonyl (C=O) groups is 1. The lowest BCUT2D eigenvalue weighted by molar-refractivity contribution is -0.141. The summed E-state index contributed by atoms with van der Waals surface area (Å²) in [6.45, 7) is 16.9. The highest BCUT2D eigenvalue weighted by molar-refractivity contribution is 6.74. The van der Waals surface area contributed by atoms with Crippen molar-refractivity contribution >= 4 is 14.3 Å². The van der Waals surface area contributed by atoms with Gasteiger partial charge < -0.3 is 9.16 Å².